The number of hydrogen-bond donors (Lipinski definition) is 0. The lowest BCUT2D eigenvalue weighted by Gasteiger charge is -2.45. The van der Waals surface area contributed by atoms with Crippen molar-refractivity contribution in [3.05, 3.63) is 94.5 Å². The van der Waals surface area contributed by atoms with Crippen molar-refractivity contribution in [2.75, 3.05) is 14.2 Å². The molecule has 0 saturated carbocycles. The summed E-state index contributed by atoms with van der Waals surface area (Å²) in [4.78, 5) is 27.1. The Hall–Kier alpha value is -3.93. The smallest absolute Gasteiger partial charge is 0.254 e. The van der Waals surface area contributed by atoms with E-state index in [4.69, 9.17) is 9.47 Å². The first-order valence-electron chi connectivity index (χ1n) is 11.0. The monoisotopic (exact) mass is 438 g/mol. The molecule has 33 heavy (non-hydrogen) atoms. The van der Waals surface area contributed by atoms with E-state index >= 15 is 0 Å². The van der Waals surface area contributed by atoms with Gasteiger partial charge in [0, 0.05) is 11.8 Å². The Morgan fingerprint density at radius 2 is 1.21 bits per heavy atom. The molecule has 2 atom stereocenters. The molecule has 4 aliphatic rings. The number of methoxy groups -OCH3 is 2. The number of rotatable bonds is 4. The van der Waals surface area contributed by atoms with Crippen molar-refractivity contribution >= 4 is 18.0 Å². The molecule has 6 nitrogen and oxygen atoms in total. The van der Waals surface area contributed by atoms with Crippen LogP contribution in [-0.4, -0.2) is 37.3 Å². The average Bonchev–Trinajstić information content (AvgIpc) is 3.12. The van der Waals surface area contributed by atoms with Crippen molar-refractivity contribution in [3.8, 4) is 11.5 Å². The van der Waals surface area contributed by atoms with Gasteiger partial charge in [-0.3, -0.25) is 9.59 Å². The van der Waals surface area contributed by atoms with Gasteiger partial charge in [-0.15, -0.1) is 0 Å². The van der Waals surface area contributed by atoms with Crippen LogP contribution in [0.1, 0.15) is 39.7 Å². The van der Waals surface area contributed by atoms with Gasteiger partial charge in [0.05, 0.1) is 32.3 Å². The molecule has 1 aliphatic heterocycles. The molecule has 7 rings (SSSR count). The molecule has 164 valence electrons. The fourth-order valence-corrected chi connectivity index (χ4v) is 5.83. The number of amides is 2. The van der Waals surface area contributed by atoms with Crippen molar-refractivity contribution in [1.29, 1.82) is 0 Å². The Morgan fingerprint density at radius 1 is 0.727 bits per heavy atom. The maximum Gasteiger partial charge on any atom is 0.254 e. The Kier molecular flexibility index (Phi) is 4.37. The van der Waals surface area contributed by atoms with Gasteiger partial charge >= 0.3 is 0 Å². The molecule has 1 heterocycles. The Bertz CT molecular complexity index is 1220. The number of carbonyl (C=O) groups is 2. The summed E-state index contributed by atoms with van der Waals surface area (Å²) in [6, 6.07) is 21.7. The van der Waals surface area contributed by atoms with Gasteiger partial charge < -0.3 is 9.47 Å². The minimum atomic E-state index is -0.435. The number of hydrazone groups is 1. The fraction of sp³-hybridized carbons (Fsp3) is 0.222. The SMILES string of the molecule is COc1ccc(/C=N\N2C(=O)[C@H]3C4c5ccccc5C(c5ccccc54)[C@@H]3C2=O)cc1OC. The largest absolute Gasteiger partial charge is 0.493 e. The third-order valence-electron chi connectivity index (χ3n) is 7.16. The number of benzene rings is 3. The molecule has 1 saturated heterocycles. The quantitative estimate of drug-likeness (QED) is 0.457. The molecule has 0 spiro atoms. The van der Waals surface area contributed by atoms with Crippen LogP contribution in [0.3, 0.4) is 0 Å². The predicted molar refractivity (Wildman–Crippen MR) is 123 cm³/mol. The maximum atomic E-state index is 13.6. The summed E-state index contributed by atoms with van der Waals surface area (Å²) in [5.41, 5.74) is 5.30. The molecule has 0 N–H and O–H groups in total. The molecule has 0 radical (unpaired) electrons. The standard InChI is InChI=1S/C27H22N2O4/c1-32-20-12-11-15(13-21(20)33-2)14-28-29-26(30)24-22-16-7-3-4-8-17(16)23(25(24)27(29)31)19-10-6-5-9-18(19)22/h3-14,22-25H,1-2H3/b28-14-/t22?,23?,24-,25-/m0/s1. The molecular formula is C27H22N2O4. The van der Waals surface area contributed by atoms with Crippen LogP contribution in [0.4, 0.5) is 0 Å². The second kappa shape index (κ2) is 7.30. The van der Waals surface area contributed by atoms with Gasteiger partial charge in [-0.05, 0) is 46.0 Å². The minimum Gasteiger partial charge on any atom is -0.493 e. The third-order valence-corrected chi connectivity index (χ3v) is 7.16. The summed E-state index contributed by atoms with van der Waals surface area (Å²) in [5, 5.41) is 5.42. The van der Waals surface area contributed by atoms with Gasteiger partial charge in [-0.1, -0.05) is 48.5 Å². The molecule has 0 aromatic heterocycles. The molecule has 2 bridgehead atoms. The van der Waals surface area contributed by atoms with E-state index < -0.39 is 11.8 Å². The van der Waals surface area contributed by atoms with E-state index in [2.05, 4.69) is 29.4 Å². The van der Waals surface area contributed by atoms with Crippen LogP contribution >= 0.6 is 0 Å². The molecular weight excluding hydrogens is 416 g/mol. The van der Waals surface area contributed by atoms with E-state index in [0.717, 1.165) is 27.3 Å². The fourth-order valence-electron chi connectivity index (χ4n) is 5.83. The van der Waals surface area contributed by atoms with E-state index in [0.29, 0.717) is 17.1 Å². The second-order valence-electron chi connectivity index (χ2n) is 8.61. The molecule has 3 aliphatic carbocycles. The van der Waals surface area contributed by atoms with Crippen LogP contribution in [0.5, 0.6) is 11.5 Å². The number of ether oxygens (including phenoxy) is 2. The van der Waals surface area contributed by atoms with Crippen LogP contribution in [0.25, 0.3) is 0 Å². The zero-order valence-corrected chi connectivity index (χ0v) is 18.3. The molecule has 2 amide bonds. The predicted octanol–water partition coefficient (Wildman–Crippen LogP) is 3.93. The highest BCUT2D eigenvalue weighted by Gasteiger charge is 2.61. The van der Waals surface area contributed by atoms with Crippen LogP contribution < -0.4 is 9.47 Å². The van der Waals surface area contributed by atoms with Crippen molar-refractivity contribution in [1.82, 2.24) is 5.01 Å². The molecule has 3 aromatic rings. The first-order chi connectivity index (χ1) is 16.1. The van der Waals surface area contributed by atoms with Gasteiger partial charge in [0.2, 0.25) is 0 Å². The van der Waals surface area contributed by atoms with Gasteiger partial charge in [-0.25, -0.2) is 0 Å². The van der Waals surface area contributed by atoms with Crippen molar-refractivity contribution in [3.63, 3.8) is 0 Å². The summed E-state index contributed by atoms with van der Waals surface area (Å²) in [6.07, 6.45) is 1.53. The minimum absolute atomic E-state index is 0.134. The Labute approximate surface area is 191 Å². The average molecular weight is 438 g/mol. The summed E-state index contributed by atoms with van der Waals surface area (Å²) < 4.78 is 10.6. The highest BCUT2D eigenvalue weighted by atomic mass is 16.5. The van der Waals surface area contributed by atoms with Gasteiger partial charge in [0.25, 0.3) is 11.8 Å². The van der Waals surface area contributed by atoms with E-state index in [1.54, 1.807) is 32.4 Å². The number of carbonyl (C=O) groups excluding carboxylic acids is 2. The van der Waals surface area contributed by atoms with E-state index in [1.807, 2.05) is 24.3 Å². The lowest BCUT2D eigenvalue weighted by Crippen LogP contribution is -2.41. The van der Waals surface area contributed by atoms with Crippen LogP contribution in [0, 0.1) is 11.8 Å². The highest BCUT2D eigenvalue weighted by molar-refractivity contribution is 6.08. The molecule has 0 unspecified atom stereocenters. The summed E-state index contributed by atoms with van der Waals surface area (Å²) >= 11 is 0. The normalized spacial score (nSPS) is 24.6. The Balaban J connectivity index is 1.40. The van der Waals surface area contributed by atoms with Crippen LogP contribution in [-0.2, 0) is 9.59 Å². The summed E-state index contributed by atoms with van der Waals surface area (Å²) in [7, 11) is 3.13. The van der Waals surface area contributed by atoms with E-state index in [1.165, 1.54) is 6.21 Å². The van der Waals surface area contributed by atoms with Crippen molar-refractivity contribution in [2.24, 2.45) is 16.9 Å². The first-order valence-corrected chi connectivity index (χ1v) is 11.0. The lowest BCUT2D eigenvalue weighted by molar-refractivity contribution is -0.139. The molecule has 3 aromatic carbocycles. The molecule has 1 fully saturated rings. The van der Waals surface area contributed by atoms with E-state index in [9.17, 15) is 9.59 Å². The maximum absolute atomic E-state index is 13.6. The number of hydrogen-bond acceptors (Lipinski definition) is 5. The van der Waals surface area contributed by atoms with Gasteiger partial charge in [0.1, 0.15) is 0 Å². The summed E-state index contributed by atoms with van der Waals surface area (Å²) in [5.74, 6) is -0.458. The first kappa shape index (κ1) is 19.7. The van der Waals surface area contributed by atoms with Crippen molar-refractivity contribution in [2.45, 2.75) is 11.8 Å². The van der Waals surface area contributed by atoms with Crippen LogP contribution in [0.15, 0.2) is 71.8 Å². The Morgan fingerprint density at radius 3 is 1.67 bits per heavy atom. The number of imide groups is 1. The lowest BCUT2D eigenvalue weighted by atomic mass is 9.55. The van der Waals surface area contributed by atoms with E-state index in [-0.39, 0.29) is 23.7 Å². The van der Waals surface area contributed by atoms with Gasteiger partial charge in [0.15, 0.2) is 11.5 Å². The van der Waals surface area contributed by atoms with Gasteiger partial charge in [-0.2, -0.15) is 10.1 Å². The topological polar surface area (TPSA) is 68.2 Å². The highest BCUT2D eigenvalue weighted by Crippen LogP contribution is 2.60. The summed E-state index contributed by atoms with van der Waals surface area (Å²) in [6.45, 7) is 0. The molecule has 6 heteroatoms. The second-order valence-corrected chi connectivity index (χ2v) is 8.61. The van der Waals surface area contributed by atoms with Crippen molar-refractivity contribution < 1.29 is 19.1 Å². The van der Waals surface area contributed by atoms with Crippen LogP contribution in [0.2, 0.25) is 0 Å². The zero-order chi connectivity index (χ0) is 22.7. The zero-order valence-electron chi connectivity index (χ0n) is 18.3. The number of nitrogens with zero attached hydrogens (tertiary/aromatic N) is 2. The third kappa shape index (κ3) is 2.70.